The monoisotopic (exact) mass is 98.1 g/mol. The molecule has 0 fully saturated rings. The van der Waals surface area contributed by atoms with Crippen LogP contribution >= 0.6 is 0 Å². The molecule has 0 aromatic carbocycles. The highest BCUT2D eigenvalue weighted by atomic mass is 19.1. The number of methoxy groups -OCH3 is 1. The summed E-state index contributed by atoms with van der Waals surface area (Å²) < 4.78 is 23.9. The van der Waals surface area contributed by atoms with Crippen molar-refractivity contribution in [2.24, 2.45) is 0 Å². The van der Waals surface area contributed by atoms with Gasteiger partial charge in [-0.1, -0.05) is 0 Å². The van der Waals surface area contributed by atoms with E-state index in [1.807, 2.05) is 0 Å². The maximum atomic E-state index is 10.5. The molecule has 0 aliphatic heterocycles. The molecule has 0 radical (unpaired) electrons. The summed E-state index contributed by atoms with van der Waals surface area (Å²) in [6.07, 6.45) is 0. The molecule has 0 aliphatic rings. The highest BCUT2D eigenvalue weighted by Gasteiger charge is 1.55. The molecule has 0 aromatic rings. The number of alkyl halides is 2. The lowest BCUT2D eigenvalue weighted by Gasteiger charge is -1.72. The fourth-order valence-electron chi connectivity index (χ4n) is 0. The molecule has 0 aliphatic carbocycles. The predicted octanol–water partition coefficient (Wildman–Crippen LogP) is 1.15. The van der Waals surface area contributed by atoms with Gasteiger partial charge in [-0.25, -0.2) is 4.39 Å². The van der Waals surface area contributed by atoms with Crippen molar-refractivity contribution in [2.45, 2.75) is 0 Å². The lowest BCUT2D eigenvalue weighted by molar-refractivity contribution is 0.104. The fraction of sp³-hybridized carbons (Fsp3) is 1.00. The smallest absolute Gasteiger partial charge is 0.187 e. The highest BCUT2D eigenvalue weighted by Crippen LogP contribution is 1.58. The Hall–Kier alpha value is -0.180. The third kappa shape index (κ3) is 45.2. The van der Waals surface area contributed by atoms with Crippen LogP contribution in [0.2, 0.25) is 0 Å². The molecule has 0 spiro atoms. The first-order valence-electron chi connectivity index (χ1n) is 1.34. The largest absolute Gasteiger partial charge is 0.354 e. The molecule has 0 saturated heterocycles. The molecule has 0 amide bonds. The van der Waals surface area contributed by atoms with Crippen LogP contribution in [0.15, 0.2) is 0 Å². The molecular weight excluding hydrogens is 90.0 g/mol. The van der Waals surface area contributed by atoms with Crippen LogP contribution in [0.3, 0.4) is 0 Å². The third-order valence-corrected chi connectivity index (χ3v) is 0.109. The fourth-order valence-corrected chi connectivity index (χ4v) is 0. The summed E-state index contributed by atoms with van der Waals surface area (Å²) in [6.45, 7) is -0.681. The zero-order valence-electron chi connectivity index (χ0n) is 3.87. The van der Waals surface area contributed by atoms with Gasteiger partial charge in [0.25, 0.3) is 0 Å². The summed E-state index contributed by atoms with van der Waals surface area (Å²) in [7, 11) is 1.81. The van der Waals surface area contributed by atoms with Gasteiger partial charge in [-0.3, -0.25) is 4.39 Å². The van der Waals surface area contributed by atoms with Crippen LogP contribution in [-0.4, -0.2) is 21.1 Å². The first-order valence-corrected chi connectivity index (χ1v) is 1.34. The quantitative estimate of drug-likeness (QED) is 0.478. The molecular formula is C3H8F2O. The van der Waals surface area contributed by atoms with Crippen molar-refractivity contribution in [1.82, 2.24) is 0 Å². The van der Waals surface area contributed by atoms with E-state index in [2.05, 4.69) is 4.74 Å². The minimum atomic E-state index is -0.681. The Morgan fingerprint density at radius 3 is 1.67 bits per heavy atom. The van der Waals surface area contributed by atoms with Gasteiger partial charge < -0.3 is 4.74 Å². The van der Waals surface area contributed by atoms with E-state index in [1.54, 1.807) is 0 Å². The van der Waals surface area contributed by atoms with Gasteiger partial charge in [-0.2, -0.15) is 0 Å². The van der Waals surface area contributed by atoms with Gasteiger partial charge in [0, 0.05) is 7.11 Å². The average Bonchev–Trinajstić information content (AvgIpc) is 1.72. The minimum absolute atomic E-state index is 0.500. The normalized spacial score (nSPS) is 6.00. The van der Waals surface area contributed by atoms with E-state index >= 15 is 0 Å². The zero-order chi connectivity index (χ0) is 5.41. The topological polar surface area (TPSA) is 9.23 Å². The second-order valence-electron chi connectivity index (χ2n) is 0.398. The van der Waals surface area contributed by atoms with Crippen molar-refractivity contribution in [3.05, 3.63) is 0 Å². The van der Waals surface area contributed by atoms with E-state index in [4.69, 9.17) is 0 Å². The van der Waals surface area contributed by atoms with E-state index in [1.165, 1.54) is 7.11 Å². The number of halogens is 2. The number of hydrogen-bond donors (Lipinski definition) is 0. The van der Waals surface area contributed by atoms with Crippen LogP contribution in [0.4, 0.5) is 8.78 Å². The second-order valence-corrected chi connectivity index (χ2v) is 0.398. The van der Waals surface area contributed by atoms with E-state index in [9.17, 15) is 8.78 Å². The molecule has 6 heavy (non-hydrogen) atoms. The average molecular weight is 98.1 g/mol. The first-order chi connectivity index (χ1) is 2.91. The number of rotatable bonds is 1. The summed E-state index contributed by atoms with van der Waals surface area (Å²) in [5.74, 6) is 0. The highest BCUT2D eigenvalue weighted by molar-refractivity contribution is 3.74. The lowest BCUT2D eigenvalue weighted by Crippen LogP contribution is -1.70. The van der Waals surface area contributed by atoms with Crippen molar-refractivity contribution >= 4 is 0 Å². The van der Waals surface area contributed by atoms with Gasteiger partial charge >= 0.3 is 0 Å². The molecule has 40 valence electrons. The molecule has 3 heteroatoms. The molecule has 0 rings (SSSR count). The van der Waals surface area contributed by atoms with Crippen molar-refractivity contribution in [3.63, 3.8) is 0 Å². The lowest BCUT2D eigenvalue weighted by atomic mass is 11.5. The van der Waals surface area contributed by atoms with Crippen molar-refractivity contribution < 1.29 is 13.5 Å². The minimum Gasteiger partial charge on any atom is -0.354 e. The van der Waals surface area contributed by atoms with Crippen LogP contribution in [0, 0.1) is 0 Å². The first kappa shape index (κ1) is 9.27. The summed E-state index contributed by atoms with van der Waals surface area (Å²) >= 11 is 0. The van der Waals surface area contributed by atoms with Gasteiger partial charge in [0.15, 0.2) is 6.86 Å². The Morgan fingerprint density at radius 2 is 1.67 bits per heavy atom. The SMILES string of the molecule is CF.COCF. The van der Waals surface area contributed by atoms with Gasteiger partial charge in [0.2, 0.25) is 0 Å². The number of hydrogen-bond acceptors (Lipinski definition) is 1. The summed E-state index contributed by atoms with van der Waals surface area (Å²) in [5, 5.41) is 0. The molecule has 0 atom stereocenters. The van der Waals surface area contributed by atoms with Crippen molar-refractivity contribution in [3.8, 4) is 0 Å². The predicted molar refractivity (Wildman–Crippen MR) is 20.0 cm³/mol. The van der Waals surface area contributed by atoms with E-state index < -0.39 is 6.86 Å². The Kier molecular flexibility index (Phi) is 32.8. The second kappa shape index (κ2) is 21.2. The van der Waals surface area contributed by atoms with E-state index in [-0.39, 0.29) is 0 Å². The van der Waals surface area contributed by atoms with Crippen LogP contribution < -0.4 is 0 Å². The Balaban J connectivity index is 0. The Morgan fingerprint density at radius 1 is 1.50 bits per heavy atom. The van der Waals surface area contributed by atoms with Crippen molar-refractivity contribution in [1.29, 1.82) is 0 Å². The molecule has 1 nitrogen and oxygen atoms in total. The van der Waals surface area contributed by atoms with Crippen LogP contribution in [0.1, 0.15) is 0 Å². The number of ether oxygens (including phenoxy) is 1. The van der Waals surface area contributed by atoms with Crippen LogP contribution in [0.25, 0.3) is 0 Å². The molecule has 0 saturated carbocycles. The van der Waals surface area contributed by atoms with E-state index in [0.717, 1.165) is 0 Å². The van der Waals surface area contributed by atoms with Gasteiger partial charge in [-0.15, -0.1) is 0 Å². The summed E-state index contributed by atoms with van der Waals surface area (Å²) in [4.78, 5) is 0. The maximum absolute atomic E-state index is 10.5. The molecule has 0 N–H and O–H groups in total. The standard InChI is InChI=1S/C2H5FO.CH3F/c1-4-2-3;1-2/h2H2,1H3;1H3. The zero-order valence-corrected chi connectivity index (χ0v) is 3.87. The van der Waals surface area contributed by atoms with E-state index in [0.29, 0.717) is 7.18 Å². The maximum Gasteiger partial charge on any atom is 0.187 e. The van der Waals surface area contributed by atoms with Gasteiger partial charge in [0.1, 0.15) is 0 Å². The van der Waals surface area contributed by atoms with Gasteiger partial charge in [0.05, 0.1) is 7.18 Å². The Labute approximate surface area is 35.9 Å². The third-order valence-electron chi connectivity index (χ3n) is 0.109. The van der Waals surface area contributed by atoms with Crippen molar-refractivity contribution in [2.75, 3.05) is 21.1 Å². The summed E-state index contributed by atoms with van der Waals surface area (Å²) in [5.41, 5.74) is 0. The molecule has 0 unspecified atom stereocenters. The summed E-state index contributed by atoms with van der Waals surface area (Å²) in [6, 6.07) is 0. The van der Waals surface area contributed by atoms with Crippen LogP contribution in [-0.2, 0) is 4.74 Å². The molecule has 0 bridgehead atoms. The molecule has 0 aromatic heterocycles. The van der Waals surface area contributed by atoms with Gasteiger partial charge in [-0.05, 0) is 0 Å². The molecule has 0 heterocycles. The Bertz CT molecular complexity index is 10.8. The van der Waals surface area contributed by atoms with Crippen LogP contribution in [0.5, 0.6) is 0 Å².